The van der Waals surface area contributed by atoms with E-state index < -0.39 is 11.7 Å². The van der Waals surface area contributed by atoms with Crippen molar-refractivity contribution in [3.63, 3.8) is 0 Å². The standard InChI is InChI=1S/C22H24ClFN4O3S/c23-16-7-13(3-6-17(16)24)8-26-21(30)19-27-20(29)18-14(11-32-22(18)28-19)10-31-9-12-1-4-15(25)5-2-12/h3,6-7,11-12,15H,1-2,4-5,8-10,25H2,(H,26,30)(H,27,28,29). The van der Waals surface area contributed by atoms with Crippen LogP contribution in [0.25, 0.3) is 10.2 Å². The summed E-state index contributed by atoms with van der Waals surface area (Å²) in [5.74, 6) is -0.643. The first kappa shape index (κ1) is 22.8. The minimum atomic E-state index is -0.536. The summed E-state index contributed by atoms with van der Waals surface area (Å²) in [5, 5.41) is 4.92. The van der Waals surface area contributed by atoms with E-state index in [1.165, 1.54) is 29.5 Å². The van der Waals surface area contributed by atoms with Crippen LogP contribution in [0.4, 0.5) is 4.39 Å². The number of H-pyrrole nitrogens is 1. The Balaban J connectivity index is 1.38. The molecule has 0 atom stereocenters. The Labute approximate surface area is 193 Å². The van der Waals surface area contributed by atoms with Gasteiger partial charge in [0.25, 0.3) is 11.5 Å². The Hall–Kier alpha value is -2.33. The second kappa shape index (κ2) is 10.1. The number of hydrogen-bond acceptors (Lipinski definition) is 6. The van der Waals surface area contributed by atoms with Gasteiger partial charge < -0.3 is 20.8 Å². The molecule has 0 radical (unpaired) electrons. The number of aromatic nitrogens is 2. The first-order valence-corrected chi connectivity index (χ1v) is 11.7. The molecule has 32 heavy (non-hydrogen) atoms. The molecule has 1 fully saturated rings. The lowest BCUT2D eigenvalue weighted by Crippen LogP contribution is -2.28. The molecule has 2 heterocycles. The maximum absolute atomic E-state index is 13.3. The van der Waals surface area contributed by atoms with Crippen molar-refractivity contribution in [2.75, 3.05) is 6.61 Å². The zero-order chi connectivity index (χ0) is 22.7. The van der Waals surface area contributed by atoms with Gasteiger partial charge in [0, 0.05) is 24.8 Å². The van der Waals surface area contributed by atoms with Crippen LogP contribution in [-0.4, -0.2) is 28.5 Å². The van der Waals surface area contributed by atoms with E-state index in [1.54, 1.807) is 0 Å². The number of carbonyl (C=O) groups is 1. The molecule has 1 saturated carbocycles. The molecule has 170 valence electrons. The molecule has 7 nitrogen and oxygen atoms in total. The third kappa shape index (κ3) is 5.35. The summed E-state index contributed by atoms with van der Waals surface area (Å²) in [5.41, 5.74) is 6.95. The molecular weight excluding hydrogens is 455 g/mol. The van der Waals surface area contributed by atoms with Crippen LogP contribution in [0.3, 0.4) is 0 Å². The van der Waals surface area contributed by atoms with E-state index in [1.807, 2.05) is 5.38 Å². The fraction of sp³-hybridized carbons (Fsp3) is 0.409. The number of ether oxygens (including phenoxy) is 1. The van der Waals surface area contributed by atoms with Gasteiger partial charge in [0.05, 0.1) is 17.0 Å². The molecule has 4 rings (SSSR count). The second-order valence-electron chi connectivity index (χ2n) is 8.08. The topological polar surface area (TPSA) is 110 Å². The lowest BCUT2D eigenvalue weighted by atomic mass is 9.87. The average molecular weight is 479 g/mol. The molecule has 0 saturated heterocycles. The van der Waals surface area contributed by atoms with E-state index >= 15 is 0 Å². The van der Waals surface area contributed by atoms with Crippen molar-refractivity contribution >= 4 is 39.1 Å². The molecule has 0 spiro atoms. The molecule has 3 aromatic rings. The van der Waals surface area contributed by atoms with Crippen molar-refractivity contribution in [1.29, 1.82) is 0 Å². The molecule has 1 amide bonds. The van der Waals surface area contributed by atoms with Crippen LogP contribution in [0.15, 0.2) is 28.4 Å². The van der Waals surface area contributed by atoms with Gasteiger partial charge in [-0.25, -0.2) is 9.37 Å². The number of thiophene rings is 1. The van der Waals surface area contributed by atoms with Gasteiger partial charge in [-0.1, -0.05) is 17.7 Å². The number of nitrogens with zero attached hydrogens (tertiary/aromatic N) is 1. The minimum absolute atomic E-state index is 0.0231. The summed E-state index contributed by atoms with van der Waals surface area (Å²) in [4.78, 5) is 32.4. The number of nitrogens with one attached hydrogen (secondary N) is 2. The highest BCUT2D eigenvalue weighted by Crippen LogP contribution is 2.25. The zero-order valence-electron chi connectivity index (χ0n) is 17.3. The number of carbonyl (C=O) groups excluding carboxylic acids is 1. The molecule has 0 aliphatic heterocycles. The van der Waals surface area contributed by atoms with Crippen molar-refractivity contribution in [3.05, 3.63) is 61.7 Å². The SMILES string of the molecule is NC1CCC(COCc2csc3nc(C(=O)NCc4ccc(F)c(Cl)c4)[nH]c(=O)c23)CC1. The van der Waals surface area contributed by atoms with Gasteiger partial charge in [-0.15, -0.1) is 11.3 Å². The van der Waals surface area contributed by atoms with Crippen molar-refractivity contribution in [2.45, 2.75) is 44.9 Å². The molecule has 4 N–H and O–H groups in total. The third-order valence-corrected chi connectivity index (χ3v) is 6.89. The molecule has 1 aromatic carbocycles. The number of benzene rings is 1. The third-order valence-electron chi connectivity index (χ3n) is 5.67. The van der Waals surface area contributed by atoms with E-state index in [0.29, 0.717) is 41.0 Å². The van der Waals surface area contributed by atoms with E-state index in [2.05, 4.69) is 15.3 Å². The summed E-state index contributed by atoms with van der Waals surface area (Å²) < 4.78 is 19.1. The van der Waals surface area contributed by atoms with Crippen molar-refractivity contribution in [3.8, 4) is 0 Å². The molecular formula is C22H24ClFN4O3S. The normalized spacial score (nSPS) is 18.7. The summed E-state index contributed by atoms with van der Waals surface area (Å²) in [6.07, 6.45) is 4.18. The minimum Gasteiger partial charge on any atom is -0.376 e. The second-order valence-corrected chi connectivity index (χ2v) is 9.35. The van der Waals surface area contributed by atoms with Gasteiger partial charge >= 0.3 is 0 Å². The van der Waals surface area contributed by atoms with Crippen molar-refractivity contribution in [1.82, 2.24) is 15.3 Å². The fourth-order valence-electron chi connectivity index (χ4n) is 3.83. The van der Waals surface area contributed by atoms with Crippen molar-refractivity contribution in [2.24, 2.45) is 11.7 Å². The Kier molecular flexibility index (Phi) is 7.20. The van der Waals surface area contributed by atoms with E-state index in [4.69, 9.17) is 22.1 Å². The maximum Gasteiger partial charge on any atom is 0.287 e. The largest absolute Gasteiger partial charge is 0.376 e. The fourth-order valence-corrected chi connectivity index (χ4v) is 4.96. The smallest absolute Gasteiger partial charge is 0.287 e. The molecule has 0 bridgehead atoms. The summed E-state index contributed by atoms with van der Waals surface area (Å²) >= 11 is 7.06. The number of aromatic amines is 1. The maximum atomic E-state index is 13.3. The van der Waals surface area contributed by atoms with Crippen LogP contribution in [0.1, 0.15) is 47.4 Å². The van der Waals surface area contributed by atoms with E-state index in [0.717, 1.165) is 31.2 Å². The first-order chi connectivity index (χ1) is 15.4. The Bertz CT molecular complexity index is 1170. The molecule has 1 aliphatic rings. The highest BCUT2D eigenvalue weighted by atomic mass is 35.5. The zero-order valence-corrected chi connectivity index (χ0v) is 18.9. The van der Waals surface area contributed by atoms with E-state index in [-0.39, 0.29) is 23.0 Å². The average Bonchev–Trinajstić information content (AvgIpc) is 3.19. The van der Waals surface area contributed by atoms with Gasteiger partial charge in [0.15, 0.2) is 0 Å². The van der Waals surface area contributed by atoms with Gasteiger partial charge in [0.1, 0.15) is 10.6 Å². The Morgan fingerprint density at radius 1 is 1.34 bits per heavy atom. The summed E-state index contributed by atoms with van der Waals surface area (Å²) in [7, 11) is 0. The monoisotopic (exact) mass is 478 g/mol. The Morgan fingerprint density at radius 2 is 2.12 bits per heavy atom. The van der Waals surface area contributed by atoms with Crippen LogP contribution in [0.5, 0.6) is 0 Å². The van der Waals surface area contributed by atoms with Crippen molar-refractivity contribution < 1.29 is 13.9 Å². The molecule has 1 aliphatic carbocycles. The van der Waals surface area contributed by atoms with Gasteiger partial charge in [-0.3, -0.25) is 9.59 Å². The summed E-state index contributed by atoms with van der Waals surface area (Å²) in [6, 6.07) is 4.49. The van der Waals surface area contributed by atoms with Crippen LogP contribution in [-0.2, 0) is 17.9 Å². The van der Waals surface area contributed by atoms with Gasteiger partial charge in [-0.05, 0) is 54.7 Å². The molecule has 0 unspecified atom stereocenters. The highest BCUT2D eigenvalue weighted by Gasteiger charge is 2.19. The predicted molar refractivity (Wildman–Crippen MR) is 122 cm³/mol. The lowest BCUT2D eigenvalue weighted by molar-refractivity contribution is 0.0726. The lowest BCUT2D eigenvalue weighted by Gasteiger charge is -2.25. The number of fused-ring (bicyclic) bond motifs is 1. The van der Waals surface area contributed by atoms with Gasteiger partial charge in [0.2, 0.25) is 5.82 Å². The van der Waals surface area contributed by atoms with Crippen LogP contribution < -0.4 is 16.6 Å². The number of halogens is 2. The molecule has 2 aromatic heterocycles. The van der Waals surface area contributed by atoms with Crippen LogP contribution in [0, 0.1) is 11.7 Å². The van der Waals surface area contributed by atoms with Crippen LogP contribution in [0.2, 0.25) is 5.02 Å². The van der Waals surface area contributed by atoms with Gasteiger partial charge in [-0.2, -0.15) is 0 Å². The first-order valence-electron chi connectivity index (χ1n) is 10.5. The highest BCUT2D eigenvalue weighted by molar-refractivity contribution is 7.16. The number of amides is 1. The number of rotatable bonds is 7. The number of hydrogen-bond donors (Lipinski definition) is 3. The number of nitrogens with two attached hydrogens (primary N) is 1. The van der Waals surface area contributed by atoms with E-state index in [9.17, 15) is 14.0 Å². The predicted octanol–water partition coefficient (Wildman–Crippen LogP) is 3.74. The van der Waals surface area contributed by atoms with Crippen LogP contribution >= 0.6 is 22.9 Å². The molecule has 10 heteroatoms. The quantitative estimate of drug-likeness (QED) is 0.479. The Morgan fingerprint density at radius 3 is 2.88 bits per heavy atom. The summed E-state index contributed by atoms with van der Waals surface area (Å²) in [6.45, 7) is 1.09.